The number of amides is 2. The quantitative estimate of drug-likeness (QED) is 0.157. The number of rotatable bonds is 14. The van der Waals surface area contributed by atoms with Gasteiger partial charge in [0.1, 0.15) is 31.0 Å². The third-order valence-corrected chi connectivity index (χ3v) is 9.56. The molecule has 1 aromatic heterocycles. The number of aliphatic hydroxyl groups is 4. The van der Waals surface area contributed by atoms with Gasteiger partial charge in [-0.2, -0.15) is 23.1 Å². The highest BCUT2D eigenvalue weighted by Gasteiger charge is 2.43. The first-order valence-corrected chi connectivity index (χ1v) is 16.4. The minimum Gasteiger partial charge on any atom is -0.446 e. The van der Waals surface area contributed by atoms with Gasteiger partial charge in [-0.15, -0.1) is 0 Å². The minimum absolute atomic E-state index is 0.0766. The molecule has 0 spiro atoms. The Bertz CT molecular complexity index is 790. The number of ether oxygens (including phenoxy) is 2. The normalized spacial score (nSPS) is 25.8. The van der Waals surface area contributed by atoms with Crippen LogP contribution in [-0.2, 0) is 20.7 Å². The Hall–Kier alpha value is -0.550. The van der Waals surface area contributed by atoms with E-state index in [2.05, 4.69) is 0 Å². The topological polar surface area (TPSA) is 163 Å². The van der Waals surface area contributed by atoms with Crippen molar-refractivity contribution in [3.05, 3.63) is 22.4 Å². The number of hydrogen-bond donors (Lipinski definition) is 5. The van der Waals surface area contributed by atoms with E-state index < -0.39 is 49.3 Å². The van der Waals surface area contributed by atoms with Crippen LogP contribution in [0.25, 0.3) is 0 Å². The van der Waals surface area contributed by atoms with Crippen molar-refractivity contribution in [1.82, 2.24) is 4.90 Å². The highest BCUT2D eigenvalue weighted by atomic mass is 33.1. The maximum Gasteiger partial charge on any atom is 0.416 e. The van der Waals surface area contributed by atoms with Gasteiger partial charge in [-0.25, -0.2) is 9.69 Å². The zero-order chi connectivity index (χ0) is 26.7. The second-order valence-electron chi connectivity index (χ2n) is 8.34. The van der Waals surface area contributed by atoms with Gasteiger partial charge in [-0.05, 0) is 54.2 Å². The summed E-state index contributed by atoms with van der Waals surface area (Å²) in [4.78, 5) is 27.1. The largest absolute Gasteiger partial charge is 0.446 e. The Balaban J connectivity index is 1.96. The summed E-state index contributed by atoms with van der Waals surface area (Å²) in [5.74, 6) is 1.40. The predicted octanol–water partition coefficient (Wildman–Crippen LogP) is 1.15. The van der Waals surface area contributed by atoms with Crippen molar-refractivity contribution >= 4 is 56.7 Å². The van der Waals surface area contributed by atoms with Gasteiger partial charge >= 0.3 is 6.09 Å². The Kier molecular flexibility index (Phi) is 14.4. The molecule has 2 heterocycles. The highest BCUT2D eigenvalue weighted by Crippen LogP contribution is 2.28. The number of thioether (sulfide) groups is 1. The average molecular weight is 585 g/mol. The number of nitrogens with two attached hydrogens (primary N) is 1. The number of nitrogens with zero attached hydrogens (tertiary/aromatic N) is 1. The van der Waals surface area contributed by atoms with Crippen molar-refractivity contribution in [2.75, 3.05) is 36.7 Å². The van der Waals surface area contributed by atoms with Crippen LogP contribution in [0.5, 0.6) is 0 Å². The van der Waals surface area contributed by atoms with Crippen LogP contribution in [0.2, 0.25) is 0 Å². The molecule has 0 aliphatic carbocycles. The van der Waals surface area contributed by atoms with Crippen molar-refractivity contribution in [2.45, 2.75) is 56.5 Å². The van der Waals surface area contributed by atoms with E-state index in [-0.39, 0.29) is 18.5 Å². The van der Waals surface area contributed by atoms with Crippen molar-refractivity contribution in [2.24, 2.45) is 11.7 Å². The van der Waals surface area contributed by atoms with Gasteiger partial charge in [-0.1, -0.05) is 21.6 Å². The summed E-state index contributed by atoms with van der Waals surface area (Å²) in [5, 5.41) is 43.0. The summed E-state index contributed by atoms with van der Waals surface area (Å²) in [5.41, 5.74) is 7.13. The lowest BCUT2D eigenvalue weighted by Crippen LogP contribution is -2.59. The van der Waals surface area contributed by atoms with Crippen LogP contribution in [-0.4, -0.2) is 111 Å². The number of carbonyl (C=O) groups excluding carboxylic acids is 2. The second kappa shape index (κ2) is 16.4. The molecule has 6 N–H and O–H groups in total. The molecule has 7 atom stereocenters. The van der Waals surface area contributed by atoms with Gasteiger partial charge in [0.2, 0.25) is 5.91 Å². The molecule has 36 heavy (non-hydrogen) atoms. The fourth-order valence-electron chi connectivity index (χ4n) is 3.42. The number of thiophene rings is 1. The molecule has 0 bridgehead atoms. The molecule has 14 heteroatoms. The molecule has 0 radical (unpaired) electrons. The van der Waals surface area contributed by atoms with E-state index in [0.717, 1.165) is 28.4 Å². The van der Waals surface area contributed by atoms with Crippen LogP contribution < -0.4 is 5.73 Å². The fraction of sp³-hybridized carbons (Fsp3) is 0.727. The summed E-state index contributed by atoms with van der Waals surface area (Å²) in [6.07, 6.45) is -5.42. The van der Waals surface area contributed by atoms with Crippen molar-refractivity contribution in [3.8, 4) is 0 Å². The zero-order valence-electron chi connectivity index (χ0n) is 20.3. The Morgan fingerprint density at radius 2 is 1.92 bits per heavy atom. The molecular weight excluding hydrogens is 549 g/mol. The highest BCUT2D eigenvalue weighted by molar-refractivity contribution is 8.76. The van der Waals surface area contributed by atoms with Crippen LogP contribution in [0.4, 0.5) is 4.79 Å². The zero-order valence-corrected chi connectivity index (χ0v) is 23.6. The third-order valence-electron chi connectivity index (χ3n) is 5.60. The summed E-state index contributed by atoms with van der Waals surface area (Å²) < 4.78 is 10.2. The number of hydrogen-bond acceptors (Lipinski definition) is 13. The molecule has 0 aromatic carbocycles. The predicted molar refractivity (Wildman–Crippen MR) is 145 cm³/mol. The average Bonchev–Trinajstić information content (AvgIpc) is 3.38. The summed E-state index contributed by atoms with van der Waals surface area (Å²) >= 11 is 3.29. The van der Waals surface area contributed by atoms with Gasteiger partial charge in [-0.3, -0.25) is 4.79 Å². The lowest BCUT2D eigenvalue weighted by molar-refractivity contribution is -0.286. The van der Waals surface area contributed by atoms with E-state index in [4.69, 9.17) is 15.2 Å². The summed E-state index contributed by atoms with van der Waals surface area (Å²) in [6, 6.07) is 2.03. The monoisotopic (exact) mass is 584 g/mol. The lowest BCUT2D eigenvalue weighted by atomic mass is 9.99. The molecule has 1 saturated heterocycles. The van der Waals surface area contributed by atoms with E-state index in [9.17, 15) is 30.0 Å². The van der Waals surface area contributed by atoms with Crippen molar-refractivity contribution in [1.29, 1.82) is 0 Å². The minimum atomic E-state index is -1.74. The van der Waals surface area contributed by atoms with Crippen LogP contribution in [0.1, 0.15) is 18.9 Å². The summed E-state index contributed by atoms with van der Waals surface area (Å²) in [7, 11) is 3.16. The van der Waals surface area contributed by atoms with Crippen LogP contribution in [0.15, 0.2) is 16.8 Å². The van der Waals surface area contributed by atoms with Gasteiger partial charge in [0, 0.05) is 24.1 Å². The first-order chi connectivity index (χ1) is 17.2. The maximum atomic E-state index is 13.4. The van der Waals surface area contributed by atoms with E-state index >= 15 is 0 Å². The molecule has 7 unspecified atom stereocenters. The molecule has 0 saturated carbocycles. The molecule has 206 valence electrons. The molecule has 2 rings (SSSR count). The van der Waals surface area contributed by atoms with Crippen molar-refractivity contribution in [3.63, 3.8) is 0 Å². The molecule has 1 aliphatic heterocycles. The molecule has 1 fully saturated rings. The van der Waals surface area contributed by atoms with E-state index in [1.165, 1.54) is 11.3 Å². The van der Waals surface area contributed by atoms with Crippen LogP contribution in [0.3, 0.4) is 0 Å². The van der Waals surface area contributed by atoms with Gasteiger partial charge in [0.15, 0.2) is 6.29 Å². The number of carbonyl (C=O) groups is 2. The summed E-state index contributed by atoms with van der Waals surface area (Å²) in [6.45, 7) is 1.22. The maximum absolute atomic E-state index is 13.4. The molecular formula is C22H36N2O8S4. The van der Waals surface area contributed by atoms with E-state index in [0.29, 0.717) is 12.2 Å². The fourth-order valence-corrected chi connectivity index (χ4v) is 7.20. The number of imide groups is 1. The standard InChI is InChI=1S/C22H36N2O8S4/c1-3-24(22(30)31-9-16-17(25)18(26)19(27)21(29)32-16)20(28)14(8-13-4-7-34-10-13)11-35-36-12-15(23)5-6-33-2/h4,7,10,14-19,21,25-27,29H,3,5-6,8-9,11-12,23H2,1-2H3. The molecule has 1 aromatic rings. The van der Waals surface area contributed by atoms with Gasteiger partial charge in [0.05, 0.1) is 5.92 Å². The van der Waals surface area contributed by atoms with Gasteiger partial charge < -0.3 is 35.6 Å². The first-order valence-electron chi connectivity index (χ1n) is 11.5. The van der Waals surface area contributed by atoms with Crippen LogP contribution >= 0.6 is 44.7 Å². The lowest BCUT2D eigenvalue weighted by Gasteiger charge is -2.38. The SMILES string of the molecule is CCN(C(=O)OCC1OC(O)C(O)C(O)C1O)C(=O)C(CSSCC(N)CCSC)Cc1ccsc1. The van der Waals surface area contributed by atoms with E-state index in [1.54, 1.807) is 40.3 Å². The molecule has 1 aliphatic rings. The number of aliphatic hydroxyl groups excluding tert-OH is 4. The Morgan fingerprint density at radius 1 is 1.19 bits per heavy atom. The van der Waals surface area contributed by atoms with E-state index in [1.807, 2.05) is 23.1 Å². The van der Waals surface area contributed by atoms with Crippen LogP contribution in [0, 0.1) is 5.92 Å². The molecule has 2 amide bonds. The smallest absolute Gasteiger partial charge is 0.416 e. The first kappa shape index (κ1) is 31.7. The van der Waals surface area contributed by atoms with Gasteiger partial charge in [0.25, 0.3) is 0 Å². The second-order valence-corrected chi connectivity index (χ2v) is 12.7. The van der Waals surface area contributed by atoms with Crippen molar-refractivity contribution < 1.29 is 39.5 Å². The third kappa shape index (κ3) is 9.64. The Labute approximate surface area is 227 Å². The Morgan fingerprint density at radius 3 is 2.56 bits per heavy atom. The molecule has 10 nitrogen and oxygen atoms in total.